The van der Waals surface area contributed by atoms with Gasteiger partial charge in [0.1, 0.15) is 5.82 Å². The van der Waals surface area contributed by atoms with Crippen molar-refractivity contribution in [2.45, 2.75) is 45.4 Å². The first-order valence-corrected chi connectivity index (χ1v) is 7.37. The second-order valence-corrected chi connectivity index (χ2v) is 6.83. The Hall–Kier alpha value is -1.02. The summed E-state index contributed by atoms with van der Waals surface area (Å²) in [6.45, 7) is 6.58. The predicted octanol–water partition coefficient (Wildman–Crippen LogP) is 4.55. The molecule has 0 bridgehead atoms. The zero-order valence-corrected chi connectivity index (χ0v) is 13.0. The van der Waals surface area contributed by atoms with Crippen molar-refractivity contribution in [1.82, 2.24) is 9.55 Å². The van der Waals surface area contributed by atoms with Crippen LogP contribution in [0.25, 0.3) is 11.0 Å². The van der Waals surface area contributed by atoms with Gasteiger partial charge < -0.3 is 4.57 Å². The highest BCUT2D eigenvalue weighted by molar-refractivity contribution is 6.21. The molecule has 2 nitrogen and oxygen atoms in total. The Balaban J connectivity index is 2.01. The molecule has 0 fully saturated rings. The molecule has 1 aromatic heterocycles. The number of para-hydroxylation sites is 2. The number of imidazole rings is 1. The van der Waals surface area contributed by atoms with E-state index in [2.05, 4.69) is 50.6 Å². The van der Waals surface area contributed by atoms with E-state index in [0.29, 0.717) is 0 Å². The third-order valence-electron chi connectivity index (χ3n) is 3.68. The molecule has 1 heterocycles. The molecule has 19 heavy (non-hydrogen) atoms. The molecule has 1 unspecified atom stereocenters. The molecular weight excluding hydrogens is 256 g/mol. The normalized spacial score (nSPS) is 13.9. The molecule has 0 radical (unpaired) electrons. The predicted molar refractivity (Wildman–Crippen MR) is 82.7 cm³/mol. The van der Waals surface area contributed by atoms with E-state index >= 15 is 0 Å². The van der Waals surface area contributed by atoms with E-state index in [1.807, 2.05) is 6.07 Å². The Morgan fingerprint density at radius 1 is 1.26 bits per heavy atom. The molecule has 0 amide bonds. The number of alkyl halides is 1. The second kappa shape index (κ2) is 5.54. The highest BCUT2D eigenvalue weighted by Gasteiger charge is 2.21. The molecule has 0 N–H and O–H groups in total. The van der Waals surface area contributed by atoms with Crippen LogP contribution >= 0.6 is 11.6 Å². The topological polar surface area (TPSA) is 17.8 Å². The number of aromatic nitrogens is 2. The smallest absolute Gasteiger partial charge is 0.109 e. The Morgan fingerprint density at radius 2 is 1.95 bits per heavy atom. The van der Waals surface area contributed by atoms with E-state index in [1.54, 1.807) is 0 Å². The van der Waals surface area contributed by atoms with Gasteiger partial charge in [-0.15, -0.1) is 11.6 Å². The van der Waals surface area contributed by atoms with Crippen molar-refractivity contribution in [2.24, 2.45) is 12.5 Å². The fourth-order valence-corrected chi connectivity index (χ4v) is 2.45. The van der Waals surface area contributed by atoms with E-state index in [-0.39, 0.29) is 10.8 Å². The molecule has 2 aromatic rings. The van der Waals surface area contributed by atoms with Gasteiger partial charge in [-0.3, -0.25) is 0 Å². The number of halogens is 1. The average Bonchev–Trinajstić information content (AvgIpc) is 2.66. The summed E-state index contributed by atoms with van der Waals surface area (Å²) in [6.07, 6.45) is 3.11. The first-order chi connectivity index (χ1) is 8.89. The minimum Gasteiger partial charge on any atom is -0.331 e. The van der Waals surface area contributed by atoms with E-state index in [1.165, 1.54) is 5.52 Å². The van der Waals surface area contributed by atoms with Crippen LogP contribution in [0.2, 0.25) is 0 Å². The number of nitrogens with zero attached hydrogens (tertiary/aromatic N) is 2. The van der Waals surface area contributed by atoms with Crippen molar-refractivity contribution in [3.05, 3.63) is 30.1 Å². The first kappa shape index (κ1) is 14.4. The van der Waals surface area contributed by atoms with Gasteiger partial charge in [-0.25, -0.2) is 4.98 Å². The molecule has 0 aliphatic carbocycles. The van der Waals surface area contributed by atoms with Gasteiger partial charge >= 0.3 is 0 Å². The van der Waals surface area contributed by atoms with E-state index in [9.17, 15) is 0 Å². The molecule has 0 aliphatic rings. The van der Waals surface area contributed by atoms with Crippen LogP contribution in [-0.2, 0) is 13.5 Å². The lowest BCUT2D eigenvalue weighted by atomic mass is 9.89. The fourth-order valence-electron chi connectivity index (χ4n) is 2.29. The number of benzene rings is 1. The Morgan fingerprint density at radius 3 is 2.58 bits per heavy atom. The van der Waals surface area contributed by atoms with Crippen molar-refractivity contribution in [3.8, 4) is 0 Å². The largest absolute Gasteiger partial charge is 0.331 e. The average molecular weight is 279 g/mol. The number of hydrogen-bond acceptors (Lipinski definition) is 1. The number of hydrogen-bond donors (Lipinski definition) is 0. The molecule has 1 atom stereocenters. The van der Waals surface area contributed by atoms with Crippen LogP contribution in [0, 0.1) is 5.41 Å². The molecule has 2 rings (SSSR count). The Kier molecular flexibility index (Phi) is 4.19. The third kappa shape index (κ3) is 3.30. The van der Waals surface area contributed by atoms with Crippen molar-refractivity contribution in [1.29, 1.82) is 0 Å². The van der Waals surface area contributed by atoms with E-state index in [4.69, 9.17) is 16.6 Å². The maximum atomic E-state index is 6.41. The summed E-state index contributed by atoms with van der Waals surface area (Å²) in [7, 11) is 2.09. The Bertz CT molecular complexity index is 551. The minimum absolute atomic E-state index is 0.175. The van der Waals surface area contributed by atoms with Crippen LogP contribution < -0.4 is 0 Å². The lowest BCUT2D eigenvalue weighted by molar-refractivity contribution is 0.368. The SMILES string of the molecule is Cn1c(CCCC(Cl)C(C)(C)C)nc2ccccc21. The van der Waals surface area contributed by atoms with Crippen LogP contribution in [0.1, 0.15) is 39.4 Å². The summed E-state index contributed by atoms with van der Waals surface area (Å²) < 4.78 is 2.19. The van der Waals surface area contributed by atoms with Gasteiger partial charge in [0.05, 0.1) is 11.0 Å². The van der Waals surface area contributed by atoms with Crippen molar-refractivity contribution in [2.75, 3.05) is 0 Å². The quantitative estimate of drug-likeness (QED) is 0.750. The molecular formula is C16H23ClN2. The first-order valence-electron chi connectivity index (χ1n) is 6.94. The van der Waals surface area contributed by atoms with Crippen LogP contribution in [-0.4, -0.2) is 14.9 Å². The molecule has 0 saturated heterocycles. The van der Waals surface area contributed by atoms with Crippen molar-refractivity contribution in [3.63, 3.8) is 0 Å². The van der Waals surface area contributed by atoms with Gasteiger partial charge in [0.15, 0.2) is 0 Å². The number of aryl methyl sites for hydroxylation is 2. The van der Waals surface area contributed by atoms with Gasteiger partial charge in [0.2, 0.25) is 0 Å². The van der Waals surface area contributed by atoms with Gasteiger partial charge in [-0.1, -0.05) is 32.9 Å². The highest BCUT2D eigenvalue weighted by atomic mass is 35.5. The molecule has 0 aliphatic heterocycles. The molecule has 1 aromatic carbocycles. The zero-order chi connectivity index (χ0) is 14.0. The van der Waals surface area contributed by atoms with Crippen LogP contribution in [0.4, 0.5) is 0 Å². The summed E-state index contributed by atoms with van der Waals surface area (Å²) in [4.78, 5) is 4.69. The number of rotatable bonds is 4. The van der Waals surface area contributed by atoms with Crippen molar-refractivity contribution < 1.29 is 0 Å². The lowest BCUT2D eigenvalue weighted by Gasteiger charge is -2.24. The zero-order valence-electron chi connectivity index (χ0n) is 12.3. The standard InChI is InChI=1S/C16H23ClN2/c1-16(2,3)14(17)10-7-11-15-18-12-8-5-6-9-13(12)19(15)4/h5-6,8-9,14H,7,10-11H2,1-4H3. The maximum Gasteiger partial charge on any atom is 0.109 e. The monoisotopic (exact) mass is 278 g/mol. The highest BCUT2D eigenvalue weighted by Crippen LogP contribution is 2.28. The van der Waals surface area contributed by atoms with Crippen LogP contribution in [0.3, 0.4) is 0 Å². The fraction of sp³-hybridized carbons (Fsp3) is 0.562. The third-order valence-corrected chi connectivity index (χ3v) is 4.55. The molecule has 0 spiro atoms. The summed E-state index contributed by atoms with van der Waals surface area (Å²) in [6, 6.07) is 8.28. The van der Waals surface area contributed by atoms with Gasteiger partial charge in [0, 0.05) is 18.8 Å². The number of fused-ring (bicyclic) bond motifs is 1. The van der Waals surface area contributed by atoms with Gasteiger partial charge in [-0.2, -0.15) is 0 Å². The van der Waals surface area contributed by atoms with Crippen molar-refractivity contribution >= 4 is 22.6 Å². The van der Waals surface area contributed by atoms with Gasteiger partial charge in [0.25, 0.3) is 0 Å². The summed E-state index contributed by atoms with van der Waals surface area (Å²) >= 11 is 6.41. The Labute approximate surface area is 120 Å². The second-order valence-electron chi connectivity index (χ2n) is 6.30. The minimum atomic E-state index is 0.175. The van der Waals surface area contributed by atoms with Crippen LogP contribution in [0.15, 0.2) is 24.3 Å². The molecule has 104 valence electrons. The summed E-state index contributed by atoms with van der Waals surface area (Å²) in [5, 5.41) is 0.224. The lowest BCUT2D eigenvalue weighted by Crippen LogP contribution is -2.20. The van der Waals surface area contributed by atoms with Gasteiger partial charge in [-0.05, 0) is 30.4 Å². The van der Waals surface area contributed by atoms with Crippen LogP contribution in [0.5, 0.6) is 0 Å². The summed E-state index contributed by atoms with van der Waals surface area (Å²) in [5.74, 6) is 1.15. The molecule has 0 saturated carbocycles. The molecule has 3 heteroatoms. The summed E-state index contributed by atoms with van der Waals surface area (Å²) in [5.41, 5.74) is 2.46. The van der Waals surface area contributed by atoms with E-state index in [0.717, 1.165) is 30.6 Å². The maximum absolute atomic E-state index is 6.41. The van der Waals surface area contributed by atoms with E-state index < -0.39 is 0 Å².